The molecular formula is C11H22O. The van der Waals surface area contributed by atoms with E-state index in [1.807, 2.05) is 0 Å². The van der Waals surface area contributed by atoms with E-state index < -0.39 is 0 Å². The quantitative estimate of drug-likeness (QED) is 0.615. The molecule has 0 bridgehead atoms. The van der Waals surface area contributed by atoms with Crippen molar-refractivity contribution in [3.8, 4) is 0 Å². The van der Waals surface area contributed by atoms with Crippen molar-refractivity contribution in [2.24, 2.45) is 11.3 Å². The van der Waals surface area contributed by atoms with Crippen molar-refractivity contribution >= 4 is 0 Å². The highest BCUT2D eigenvalue weighted by Gasteiger charge is 2.32. The van der Waals surface area contributed by atoms with Crippen LogP contribution in [0.4, 0.5) is 0 Å². The minimum absolute atomic E-state index is 0.535. The van der Waals surface area contributed by atoms with Crippen molar-refractivity contribution in [2.75, 3.05) is 13.2 Å². The van der Waals surface area contributed by atoms with Crippen LogP contribution in [0, 0.1) is 11.3 Å². The predicted molar refractivity (Wildman–Crippen MR) is 52.2 cm³/mol. The molecule has 1 saturated heterocycles. The number of hydrogen-bond donors (Lipinski definition) is 0. The summed E-state index contributed by atoms with van der Waals surface area (Å²) in [6.07, 6.45) is 5.46. The molecule has 0 radical (unpaired) electrons. The molecule has 0 spiro atoms. The summed E-state index contributed by atoms with van der Waals surface area (Å²) in [4.78, 5) is 0. The fourth-order valence-corrected chi connectivity index (χ4v) is 1.68. The van der Waals surface area contributed by atoms with Crippen molar-refractivity contribution in [2.45, 2.75) is 46.5 Å². The number of rotatable bonds is 5. The molecule has 0 saturated carbocycles. The van der Waals surface area contributed by atoms with Gasteiger partial charge in [0.25, 0.3) is 0 Å². The number of ether oxygens (including phenoxy) is 1. The first kappa shape index (κ1) is 10.0. The third kappa shape index (κ3) is 2.78. The first-order valence-corrected chi connectivity index (χ1v) is 5.24. The highest BCUT2D eigenvalue weighted by molar-refractivity contribution is 4.80. The first-order chi connectivity index (χ1) is 5.66. The second-order valence-corrected chi connectivity index (χ2v) is 4.71. The van der Waals surface area contributed by atoms with Crippen LogP contribution in [0.1, 0.15) is 46.5 Å². The Bertz CT molecular complexity index is 127. The van der Waals surface area contributed by atoms with Gasteiger partial charge in [-0.25, -0.2) is 0 Å². The van der Waals surface area contributed by atoms with Crippen LogP contribution in [-0.4, -0.2) is 13.2 Å². The summed E-state index contributed by atoms with van der Waals surface area (Å²) in [5.41, 5.74) is 0.535. The molecule has 72 valence electrons. The van der Waals surface area contributed by atoms with E-state index in [0.717, 1.165) is 19.1 Å². The Morgan fingerprint density at radius 2 is 2.08 bits per heavy atom. The second-order valence-electron chi connectivity index (χ2n) is 4.71. The maximum absolute atomic E-state index is 5.22. The zero-order valence-corrected chi connectivity index (χ0v) is 8.73. The van der Waals surface area contributed by atoms with Crippen LogP contribution in [0.2, 0.25) is 0 Å². The molecule has 1 heterocycles. The lowest BCUT2D eigenvalue weighted by Crippen LogP contribution is -2.39. The third-order valence-electron chi connectivity index (χ3n) is 3.08. The van der Waals surface area contributed by atoms with Gasteiger partial charge < -0.3 is 4.74 Å². The van der Waals surface area contributed by atoms with Gasteiger partial charge in [0, 0.05) is 5.41 Å². The standard InChI is InChI=1S/C11H22O/c1-4-10(2)6-5-7-11(3)8-12-9-11/h10H,4-9H2,1-3H3. The molecule has 1 aliphatic rings. The van der Waals surface area contributed by atoms with Crippen LogP contribution < -0.4 is 0 Å². The van der Waals surface area contributed by atoms with Crippen LogP contribution >= 0.6 is 0 Å². The van der Waals surface area contributed by atoms with E-state index in [0.29, 0.717) is 5.41 Å². The van der Waals surface area contributed by atoms with Crippen molar-refractivity contribution in [1.82, 2.24) is 0 Å². The van der Waals surface area contributed by atoms with Gasteiger partial charge >= 0.3 is 0 Å². The highest BCUT2D eigenvalue weighted by atomic mass is 16.5. The van der Waals surface area contributed by atoms with E-state index in [2.05, 4.69) is 20.8 Å². The van der Waals surface area contributed by atoms with Crippen LogP contribution in [-0.2, 0) is 4.74 Å². The Balaban J connectivity index is 2.01. The summed E-state index contributed by atoms with van der Waals surface area (Å²) in [7, 11) is 0. The van der Waals surface area contributed by atoms with Crippen molar-refractivity contribution < 1.29 is 4.74 Å². The molecule has 1 atom stereocenters. The largest absolute Gasteiger partial charge is 0.380 e. The molecule has 0 amide bonds. The van der Waals surface area contributed by atoms with Gasteiger partial charge in [0.2, 0.25) is 0 Å². The van der Waals surface area contributed by atoms with Crippen molar-refractivity contribution in [3.63, 3.8) is 0 Å². The molecule has 1 unspecified atom stereocenters. The molecule has 12 heavy (non-hydrogen) atoms. The average Bonchev–Trinajstić information content (AvgIpc) is 2.01. The predicted octanol–water partition coefficient (Wildman–Crippen LogP) is 3.24. The van der Waals surface area contributed by atoms with E-state index in [-0.39, 0.29) is 0 Å². The van der Waals surface area contributed by atoms with Gasteiger partial charge in [-0.05, 0) is 12.3 Å². The minimum atomic E-state index is 0.535. The lowest BCUT2D eigenvalue weighted by atomic mass is 9.82. The lowest BCUT2D eigenvalue weighted by molar-refractivity contribution is -0.106. The summed E-state index contributed by atoms with van der Waals surface area (Å²) in [6.45, 7) is 8.95. The zero-order valence-electron chi connectivity index (χ0n) is 8.73. The lowest BCUT2D eigenvalue weighted by Gasteiger charge is -2.38. The summed E-state index contributed by atoms with van der Waals surface area (Å²) >= 11 is 0. The van der Waals surface area contributed by atoms with E-state index in [9.17, 15) is 0 Å². The van der Waals surface area contributed by atoms with Gasteiger partial charge in [-0.1, -0.05) is 40.0 Å². The van der Waals surface area contributed by atoms with E-state index in [1.54, 1.807) is 0 Å². The normalized spacial score (nSPS) is 23.2. The Kier molecular flexibility index (Phi) is 3.57. The Hall–Kier alpha value is -0.0400. The smallest absolute Gasteiger partial charge is 0.0542 e. The Morgan fingerprint density at radius 1 is 1.42 bits per heavy atom. The summed E-state index contributed by atoms with van der Waals surface area (Å²) in [5.74, 6) is 0.912. The van der Waals surface area contributed by atoms with Gasteiger partial charge in [-0.3, -0.25) is 0 Å². The van der Waals surface area contributed by atoms with Crippen molar-refractivity contribution in [1.29, 1.82) is 0 Å². The molecule has 1 heteroatoms. The molecule has 0 aromatic heterocycles. The molecule has 0 aromatic rings. The van der Waals surface area contributed by atoms with Crippen LogP contribution in [0.5, 0.6) is 0 Å². The van der Waals surface area contributed by atoms with Gasteiger partial charge in [0.15, 0.2) is 0 Å². The summed E-state index contributed by atoms with van der Waals surface area (Å²) < 4.78 is 5.22. The van der Waals surface area contributed by atoms with Gasteiger partial charge in [-0.15, -0.1) is 0 Å². The van der Waals surface area contributed by atoms with Crippen LogP contribution in [0.25, 0.3) is 0 Å². The topological polar surface area (TPSA) is 9.23 Å². The molecule has 0 N–H and O–H groups in total. The molecule has 1 fully saturated rings. The van der Waals surface area contributed by atoms with E-state index >= 15 is 0 Å². The molecule has 1 rings (SSSR count). The SMILES string of the molecule is CCC(C)CCCC1(C)COC1. The monoisotopic (exact) mass is 170 g/mol. The van der Waals surface area contributed by atoms with E-state index in [1.165, 1.54) is 25.7 Å². The third-order valence-corrected chi connectivity index (χ3v) is 3.08. The molecular weight excluding hydrogens is 148 g/mol. The minimum Gasteiger partial charge on any atom is -0.380 e. The molecule has 0 aromatic carbocycles. The zero-order chi connectivity index (χ0) is 9.03. The summed E-state index contributed by atoms with van der Waals surface area (Å²) in [5, 5.41) is 0. The van der Waals surface area contributed by atoms with Gasteiger partial charge in [-0.2, -0.15) is 0 Å². The second kappa shape index (κ2) is 4.27. The maximum atomic E-state index is 5.22. The maximum Gasteiger partial charge on any atom is 0.0542 e. The highest BCUT2D eigenvalue weighted by Crippen LogP contribution is 2.32. The average molecular weight is 170 g/mol. The molecule has 1 nitrogen and oxygen atoms in total. The van der Waals surface area contributed by atoms with Crippen LogP contribution in [0.3, 0.4) is 0 Å². The summed E-state index contributed by atoms with van der Waals surface area (Å²) in [6, 6.07) is 0. The molecule has 0 aliphatic carbocycles. The van der Waals surface area contributed by atoms with Crippen LogP contribution in [0.15, 0.2) is 0 Å². The Labute approximate surface area is 76.5 Å². The van der Waals surface area contributed by atoms with Gasteiger partial charge in [0.05, 0.1) is 13.2 Å². The number of hydrogen-bond acceptors (Lipinski definition) is 1. The molecule has 1 aliphatic heterocycles. The fourth-order valence-electron chi connectivity index (χ4n) is 1.68. The van der Waals surface area contributed by atoms with Crippen molar-refractivity contribution in [3.05, 3.63) is 0 Å². The van der Waals surface area contributed by atoms with E-state index in [4.69, 9.17) is 4.74 Å². The first-order valence-electron chi connectivity index (χ1n) is 5.24. The van der Waals surface area contributed by atoms with Gasteiger partial charge in [0.1, 0.15) is 0 Å². The Morgan fingerprint density at radius 3 is 2.50 bits per heavy atom. The fraction of sp³-hybridized carbons (Fsp3) is 1.00.